The maximum absolute atomic E-state index is 12.2. The third-order valence-corrected chi connectivity index (χ3v) is 5.55. The van der Waals surface area contributed by atoms with Crippen molar-refractivity contribution in [3.05, 3.63) is 28.2 Å². The normalized spacial score (nSPS) is 16.5. The number of carbonyl (C=O) groups is 1. The van der Waals surface area contributed by atoms with Gasteiger partial charge in [0.2, 0.25) is 10.0 Å². The van der Waals surface area contributed by atoms with Gasteiger partial charge in [-0.05, 0) is 52.9 Å². The summed E-state index contributed by atoms with van der Waals surface area (Å²) in [6.45, 7) is 2.03. The second kappa shape index (κ2) is 6.46. The summed E-state index contributed by atoms with van der Waals surface area (Å²) in [4.78, 5) is 12.2. The quantitative estimate of drug-likeness (QED) is 0.800. The molecule has 116 valence electrons. The van der Waals surface area contributed by atoms with E-state index in [1.165, 1.54) is 25.0 Å². The molecule has 1 amide bonds. The van der Waals surface area contributed by atoms with Gasteiger partial charge in [-0.3, -0.25) is 4.79 Å². The van der Waals surface area contributed by atoms with Crippen LogP contribution in [-0.2, 0) is 10.0 Å². The monoisotopic (exact) mass is 374 g/mol. The van der Waals surface area contributed by atoms with Crippen molar-refractivity contribution in [1.29, 1.82) is 0 Å². The molecule has 1 aromatic rings. The fourth-order valence-electron chi connectivity index (χ4n) is 2.21. The van der Waals surface area contributed by atoms with Gasteiger partial charge in [-0.15, -0.1) is 0 Å². The maximum Gasteiger partial charge on any atom is 0.251 e. The molecular weight excluding hydrogens is 356 g/mol. The molecule has 1 aliphatic carbocycles. The number of nitrogens with one attached hydrogen (secondary N) is 1. The molecule has 0 bridgehead atoms. The second-order valence-corrected chi connectivity index (χ2v) is 7.83. The molecule has 21 heavy (non-hydrogen) atoms. The van der Waals surface area contributed by atoms with Crippen LogP contribution in [-0.4, -0.2) is 20.4 Å². The van der Waals surface area contributed by atoms with Gasteiger partial charge < -0.3 is 5.32 Å². The molecule has 0 aliphatic heterocycles. The Morgan fingerprint density at radius 1 is 1.48 bits per heavy atom. The molecule has 5 nitrogen and oxygen atoms in total. The van der Waals surface area contributed by atoms with Crippen LogP contribution < -0.4 is 10.5 Å². The van der Waals surface area contributed by atoms with E-state index in [9.17, 15) is 13.2 Å². The Hall–Kier alpha value is -0.920. The first kappa shape index (κ1) is 16.5. The second-order valence-electron chi connectivity index (χ2n) is 5.45. The Kier molecular flexibility index (Phi) is 5.06. The van der Waals surface area contributed by atoms with E-state index in [1.54, 1.807) is 6.07 Å². The molecule has 0 spiro atoms. The molecule has 0 radical (unpaired) electrons. The number of hydrogen-bond acceptors (Lipinski definition) is 3. The zero-order valence-corrected chi connectivity index (χ0v) is 14.2. The summed E-state index contributed by atoms with van der Waals surface area (Å²) in [6.07, 6.45) is 4.32. The van der Waals surface area contributed by atoms with E-state index in [1.807, 2.05) is 6.92 Å². The number of carbonyl (C=O) groups excluding carboxylic acids is 1. The lowest BCUT2D eigenvalue weighted by atomic mass is 10.1. The number of amides is 1. The molecule has 1 aliphatic rings. The van der Waals surface area contributed by atoms with Crippen molar-refractivity contribution in [3.8, 4) is 0 Å². The van der Waals surface area contributed by atoms with E-state index in [2.05, 4.69) is 21.2 Å². The third kappa shape index (κ3) is 4.52. The van der Waals surface area contributed by atoms with Gasteiger partial charge in [-0.1, -0.05) is 19.8 Å². The Morgan fingerprint density at radius 3 is 2.67 bits per heavy atom. The van der Waals surface area contributed by atoms with Gasteiger partial charge in [0, 0.05) is 16.1 Å². The Morgan fingerprint density at radius 2 is 2.14 bits per heavy atom. The zero-order valence-electron chi connectivity index (χ0n) is 11.8. The smallest absolute Gasteiger partial charge is 0.251 e. The minimum Gasteiger partial charge on any atom is -0.349 e. The third-order valence-electron chi connectivity index (χ3n) is 3.64. The van der Waals surface area contributed by atoms with E-state index in [0.29, 0.717) is 10.0 Å². The summed E-state index contributed by atoms with van der Waals surface area (Å²) >= 11 is 3.13. The molecule has 0 saturated heterocycles. The summed E-state index contributed by atoms with van der Waals surface area (Å²) in [6, 6.07) is 4.54. The first-order chi connectivity index (χ1) is 9.81. The van der Waals surface area contributed by atoms with Crippen LogP contribution in [0.15, 0.2) is 27.6 Å². The SMILES string of the molecule is CCC(CC1CC1)NC(=O)c1ccc(Br)c(S(N)(=O)=O)c1. The largest absolute Gasteiger partial charge is 0.349 e. The van der Waals surface area contributed by atoms with Crippen molar-refractivity contribution in [2.24, 2.45) is 11.1 Å². The standard InChI is InChI=1S/C14H19BrN2O3S/c1-2-11(7-9-3-4-9)17-14(18)10-5-6-12(15)13(8-10)21(16,19)20/h5-6,8-9,11H,2-4,7H2,1H3,(H,17,18)(H2,16,19,20). The predicted octanol–water partition coefficient (Wildman–Crippen LogP) is 2.41. The van der Waals surface area contributed by atoms with E-state index in [-0.39, 0.29) is 16.8 Å². The molecule has 0 aromatic heterocycles. The van der Waals surface area contributed by atoms with E-state index < -0.39 is 10.0 Å². The Labute approximate surface area is 133 Å². The highest BCUT2D eigenvalue weighted by Crippen LogP contribution is 2.34. The van der Waals surface area contributed by atoms with Gasteiger partial charge in [0.1, 0.15) is 0 Å². The van der Waals surface area contributed by atoms with Crippen LogP contribution in [0.3, 0.4) is 0 Å². The lowest BCUT2D eigenvalue weighted by Crippen LogP contribution is -2.34. The molecule has 1 unspecified atom stereocenters. The molecular formula is C14H19BrN2O3S. The lowest BCUT2D eigenvalue weighted by molar-refractivity contribution is 0.0932. The number of halogens is 1. The lowest BCUT2D eigenvalue weighted by Gasteiger charge is -2.17. The molecule has 7 heteroatoms. The summed E-state index contributed by atoms with van der Waals surface area (Å²) in [5, 5.41) is 8.10. The van der Waals surface area contributed by atoms with Crippen molar-refractivity contribution in [1.82, 2.24) is 5.32 Å². The number of nitrogens with two attached hydrogens (primary N) is 1. The summed E-state index contributed by atoms with van der Waals surface area (Å²) < 4.78 is 23.3. The Bertz CT molecular complexity index is 642. The fraction of sp³-hybridized carbons (Fsp3) is 0.500. The van der Waals surface area contributed by atoms with E-state index in [4.69, 9.17) is 5.14 Å². The minimum atomic E-state index is -3.86. The average Bonchev–Trinajstić information content (AvgIpc) is 3.20. The van der Waals surface area contributed by atoms with Crippen molar-refractivity contribution in [2.75, 3.05) is 0 Å². The fourth-order valence-corrected chi connectivity index (χ4v) is 3.77. The van der Waals surface area contributed by atoms with Gasteiger partial charge in [-0.25, -0.2) is 13.6 Å². The summed E-state index contributed by atoms with van der Waals surface area (Å²) in [5.74, 6) is 0.458. The van der Waals surface area contributed by atoms with Crippen LogP contribution in [0.1, 0.15) is 43.0 Å². The Balaban J connectivity index is 2.15. The molecule has 1 fully saturated rings. The van der Waals surface area contributed by atoms with E-state index >= 15 is 0 Å². The first-order valence-electron chi connectivity index (χ1n) is 6.94. The van der Waals surface area contributed by atoms with Crippen molar-refractivity contribution >= 4 is 31.9 Å². The molecule has 0 heterocycles. The topological polar surface area (TPSA) is 89.3 Å². The van der Waals surface area contributed by atoms with Crippen LogP contribution in [0, 0.1) is 5.92 Å². The number of sulfonamides is 1. The van der Waals surface area contributed by atoms with Crippen molar-refractivity contribution in [3.63, 3.8) is 0 Å². The number of rotatable bonds is 6. The highest BCUT2D eigenvalue weighted by molar-refractivity contribution is 9.10. The average molecular weight is 375 g/mol. The van der Waals surface area contributed by atoms with Crippen LogP contribution in [0.5, 0.6) is 0 Å². The van der Waals surface area contributed by atoms with Crippen molar-refractivity contribution < 1.29 is 13.2 Å². The van der Waals surface area contributed by atoms with Crippen LogP contribution in [0.25, 0.3) is 0 Å². The zero-order chi connectivity index (χ0) is 15.6. The van der Waals surface area contributed by atoms with Crippen LogP contribution in [0.2, 0.25) is 0 Å². The number of hydrogen-bond donors (Lipinski definition) is 2. The molecule has 1 saturated carbocycles. The van der Waals surface area contributed by atoms with Crippen molar-refractivity contribution in [2.45, 2.75) is 43.5 Å². The van der Waals surface area contributed by atoms with Gasteiger partial charge in [0.25, 0.3) is 5.91 Å². The van der Waals surface area contributed by atoms with Crippen LogP contribution >= 0.6 is 15.9 Å². The molecule has 3 N–H and O–H groups in total. The maximum atomic E-state index is 12.2. The molecule has 2 rings (SSSR count). The predicted molar refractivity (Wildman–Crippen MR) is 84.4 cm³/mol. The molecule has 1 aromatic carbocycles. The number of primary sulfonamides is 1. The first-order valence-corrected chi connectivity index (χ1v) is 9.28. The van der Waals surface area contributed by atoms with Gasteiger partial charge in [0.05, 0.1) is 4.90 Å². The molecule has 1 atom stereocenters. The van der Waals surface area contributed by atoms with Gasteiger partial charge >= 0.3 is 0 Å². The van der Waals surface area contributed by atoms with E-state index in [0.717, 1.165) is 18.8 Å². The summed E-state index contributed by atoms with van der Waals surface area (Å²) in [7, 11) is -3.86. The van der Waals surface area contributed by atoms with Gasteiger partial charge in [-0.2, -0.15) is 0 Å². The highest BCUT2D eigenvalue weighted by Gasteiger charge is 2.26. The number of benzene rings is 1. The summed E-state index contributed by atoms with van der Waals surface area (Å²) in [5.41, 5.74) is 0.302. The van der Waals surface area contributed by atoms with Gasteiger partial charge in [0.15, 0.2) is 0 Å². The minimum absolute atomic E-state index is 0.0783. The highest BCUT2D eigenvalue weighted by atomic mass is 79.9. The van der Waals surface area contributed by atoms with Crippen LogP contribution in [0.4, 0.5) is 0 Å².